The van der Waals surface area contributed by atoms with E-state index in [2.05, 4.69) is 10.6 Å². The van der Waals surface area contributed by atoms with Crippen molar-refractivity contribution in [2.24, 2.45) is 5.92 Å². The molecule has 18 atom stereocenters. The van der Waals surface area contributed by atoms with Crippen LogP contribution in [-0.2, 0) is 57.1 Å². The molecule has 0 spiro atoms. The van der Waals surface area contributed by atoms with E-state index in [1.807, 2.05) is 0 Å². The minimum absolute atomic E-state index is 0. The topological polar surface area (TPSA) is 334 Å². The number of nitrogens with one attached hydrogen (secondary N) is 2. The van der Waals surface area contributed by atoms with Crippen LogP contribution in [0.4, 0.5) is 0 Å². The summed E-state index contributed by atoms with van der Waals surface area (Å²) in [6, 6.07) is -2.56. The number of carbonyl (C=O) groups is 4. The predicted octanol–water partition coefficient (Wildman–Crippen LogP) is -12.7. The first-order valence-electron chi connectivity index (χ1n) is 18.5. The van der Waals surface area contributed by atoms with Gasteiger partial charge in [0.05, 0.1) is 74.6 Å². The zero-order valence-electron chi connectivity index (χ0n) is 33.4. The molecule has 3 aliphatic heterocycles. The van der Waals surface area contributed by atoms with Crippen molar-refractivity contribution in [3.8, 4) is 0 Å². The third kappa shape index (κ3) is 14.2. The van der Waals surface area contributed by atoms with Crippen molar-refractivity contribution >= 4 is 23.8 Å². The summed E-state index contributed by atoms with van der Waals surface area (Å²) in [7, 11) is 1.23. The third-order valence-electron chi connectivity index (χ3n) is 10.3. The van der Waals surface area contributed by atoms with E-state index in [-0.39, 0.29) is 91.6 Å². The van der Waals surface area contributed by atoms with Crippen LogP contribution in [0.3, 0.4) is 0 Å². The molecule has 3 heterocycles. The van der Waals surface area contributed by atoms with Crippen LogP contribution in [0.25, 0.3) is 0 Å². The van der Waals surface area contributed by atoms with Crippen molar-refractivity contribution in [3.05, 3.63) is 0 Å². The average Bonchev–Trinajstić information content (AvgIpc) is 3.13. The number of carboxylic acids is 2. The van der Waals surface area contributed by atoms with Crippen molar-refractivity contribution < 1.29 is 157 Å². The smallest absolute Gasteiger partial charge is 0.550 e. The molecule has 18 unspecified atom stereocenters. The Morgan fingerprint density at radius 3 is 1.93 bits per heavy atom. The van der Waals surface area contributed by atoms with Crippen molar-refractivity contribution in [1.82, 2.24) is 10.6 Å². The van der Waals surface area contributed by atoms with E-state index in [9.17, 15) is 60.0 Å². The van der Waals surface area contributed by atoms with Crippen molar-refractivity contribution in [1.29, 1.82) is 0 Å². The van der Waals surface area contributed by atoms with Crippen LogP contribution in [-0.4, -0.2) is 186 Å². The monoisotopic (exact) mass is 856 g/mol. The van der Waals surface area contributed by atoms with Crippen LogP contribution in [0.1, 0.15) is 52.9 Å². The largest absolute Gasteiger partial charge is 1.00 e. The third-order valence-corrected chi connectivity index (χ3v) is 10.3. The summed E-state index contributed by atoms with van der Waals surface area (Å²) >= 11 is 0. The van der Waals surface area contributed by atoms with Gasteiger partial charge in [0, 0.05) is 52.1 Å². The molecule has 0 radical (unpaired) electrons. The van der Waals surface area contributed by atoms with Crippen LogP contribution >= 0.6 is 0 Å². The molecule has 0 bridgehead atoms. The molecule has 58 heavy (non-hydrogen) atoms. The van der Waals surface area contributed by atoms with E-state index < -0.39 is 147 Å². The summed E-state index contributed by atoms with van der Waals surface area (Å²) in [5, 5.41) is 93.6. The SMILES string of the molecule is CCC(O)COCC1CC(OC2CC(C(=O)[O-])C(OC3OC(CO)CC(OC4OC(C(=O)[O-])CC(OC)C4O)C3NC(C)=O)C(O)C2O)C(NC(C)=O)C(O)O1.[Na+].[Na+]. The number of carboxylic acid groups (broad SMARTS) is 2. The minimum atomic E-state index is -2.03. The van der Waals surface area contributed by atoms with Gasteiger partial charge in [0.1, 0.15) is 36.5 Å². The molecule has 1 aliphatic carbocycles. The Kier molecular flexibility index (Phi) is 22.9. The maximum atomic E-state index is 12.6. The van der Waals surface area contributed by atoms with Gasteiger partial charge in [-0.05, 0) is 12.8 Å². The van der Waals surface area contributed by atoms with Gasteiger partial charge in [0.15, 0.2) is 18.9 Å². The van der Waals surface area contributed by atoms with Crippen molar-refractivity contribution in [3.63, 3.8) is 0 Å². The van der Waals surface area contributed by atoms with Crippen molar-refractivity contribution in [2.75, 3.05) is 26.9 Å². The van der Waals surface area contributed by atoms with Gasteiger partial charge < -0.3 is 99.0 Å². The second kappa shape index (κ2) is 24.8. The average molecular weight is 857 g/mol. The van der Waals surface area contributed by atoms with Gasteiger partial charge in [0.2, 0.25) is 11.8 Å². The normalized spacial score (nSPS) is 39.6. The van der Waals surface area contributed by atoms with E-state index in [1.165, 1.54) is 14.0 Å². The number of amides is 2. The molecule has 4 aliphatic rings. The Morgan fingerprint density at radius 1 is 0.741 bits per heavy atom. The zero-order chi connectivity index (χ0) is 41.4. The molecule has 4 fully saturated rings. The Labute approximate surface area is 379 Å². The minimum Gasteiger partial charge on any atom is -0.550 e. The molecule has 0 aromatic heterocycles. The first kappa shape index (κ1) is 53.5. The van der Waals surface area contributed by atoms with E-state index in [0.717, 1.165) is 6.92 Å². The second-order valence-electron chi connectivity index (χ2n) is 14.4. The van der Waals surface area contributed by atoms with Gasteiger partial charge in [-0.3, -0.25) is 9.59 Å². The molecule has 4 rings (SSSR count). The van der Waals surface area contributed by atoms with Crippen LogP contribution in [0.5, 0.6) is 0 Å². The molecule has 3 saturated heterocycles. The molecule has 0 aromatic rings. The number of aliphatic carboxylic acids is 2. The first-order valence-corrected chi connectivity index (χ1v) is 18.5. The molecule has 1 saturated carbocycles. The first-order chi connectivity index (χ1) is 26.5. The fraction of sp³-hybridized carbons (Fsp3) is 0.882. The number of aliphatic hydroxyl groups excluding tert-OH is 6. The number of rotatable bonds is 17. The van der Waals surface area contributed by atoms with E-state index >= 15 is 0 Å². The molecule has 2 amide bonds. The Balaban J connectivity index is 0.00000580. The fourth-order valence-electron chi connectivity index (χ4n) is 7.30. The molecule has 8 N–H and O–H groups in total. The summed E-state index contributed by atoms with van der Waals surface area (Å²) < 4.78 is 45.6. The van der Waals surface area contributed by atoms with Gasteiger partial charge in [-0.15, -0.1) is 0 Å². The van der Waals surface area contributed by atoms with Gasteiger partial charge >= 0.3 is 59.1 Å². The summed E-state index contributed by atoms with van der Waals surface area (Å²) in [6.45, 7) is 3.29. The fourth-order valence-corrected chi connectivity index (χ4v) is 7.30. The second-order valence-corrected chi connectivity index (χ2v) is 14.4. The summed E-state index contributed by atoms with van der Waals surface area (Å²) in [4.78, 5) is 48.7. The van der Waals surface area contributed by atoms with Gasteiger partial charge in [-0.25, -0.2) is 0 Å². The summed E-state index contributed by atoms with van der Waals surface area (Å²) in [5.74, 6) is -6.30. The van der Waals surface area contributed by atoms with Gasteiger partial charge in [0.25, 0.3) is 0 Å². The number of aliphatic hydroxyl groups is 6. The van der Waals surface area contributed by atoms with E-state index in [4.69, 9.17) is 37.9 Å². The molecule has 0 aromatic carbocycles. The predicted molar refractivity (Wildman–Crippen MR) is 177 cm³/mol. The van der Waals surface area contributed by atoms with E-state index in [0.29, 0.717) is 6.42 Å². The van der Waals surface area contributed by atoms with Crippen LogP contribution in [0.15, 0.2) is 0 Å². The molecular weight excluding hydrogens is 802 g/mol. The number of methoxy groups -OCH3 is 1. The van der Waals surface area contributed by atoms with Crippen LogP contribution < -0.4 is 80.0 Å². The Morgan fingerprint density at radius 2 is 1.36 bits per heavy atom. The summed E-state index contributed by atoms with van der Waals surface area (Å²) in [6.07, 6.45) is -21.9. The van der Waals surface area contributed by atoms with Gasteiger partial charge in [-0.2, -0.15) is 0 Å². The standard InChI is InChI=1S/C34H56N2O20.2Na/c1-5-15(40)11-50-12-17-7-19(24(32(48)51-17)35-13(2)38)53-22-8-18(30(44)45)29(28(43)26(22)41)56-33-25(36-14(3)39)20(6-16(10-37)52-33)54-34-27(42)21(49-4)9-23(55-34)31(46)47;;/h15-29,32-34,37,40-43,48H,5-12H2,1-4H3,(H,35,38)(H,36,39)(H,44,45)(H,46,47);;/q;2*+1/p-2. The zero-order valence-corrected chi connectivity index (χ0v) is 37.4. The maximum Gasteiger partial charge on any atom is 1.00 e. The maximum absolute atomic E-state index is 12.6. The van der Waals surface area contributed by atoms with Crippen molar-refractivity contribution in [2.45, 2.75) is 157 Å². The number of carbonyl (C=O) groups excluding carboxylic acids is 4. The molecule has 22 nitrogen and oxygen atoms in total. The van der Waals surface area contributed by atoms with Crippen LogP contribution in [0.2, 0.25) is 0 Å². The van der Waals surface area contributed by atoms with Gasteiger partial charge in [-0.1, -0.05) is 6.92 Å². The van der Waals surface area contributed by atoms with Crippen LogP contribution in [0, 0.1) is 5.92 Å². The number of hydrogen-bond acceptors (Lipinski definition) is 20. The molecular formula is C34H54N2Na2O20. The molecule has 24 heteroatoms. The summed E-state index contributed by atoms with van der Waals surface area (Å²) in [5.41, 5.74) is 0. The quantitative estimate of drug-likeness (QED) is 0.0630. The van der Waals surface area contributed by atoms with E-state index in [1.54, 1.807) is 6.92 Å². The Hall–Kier alpha value is -0.680. The number of ether oxygens (including phenoxy) is 8. The Bertz CT molecular complexity index is 1320. The molecule has 322 valence electrons. The number of hydrogen-bond donors (Lipinski definition) is 8.